The van der Waals surface area contributed by atoms with E-state index in [1.54, 1.807) is 0 Å². The molecule has 0 saturated carbocycles. The molecule has 0 N–H and O–H groups in total. The van der Waals surface area contributed by atoms with Crippen molar-refractivity contribution in [2.24, 2.45) is 5.92 Å². The number of rotatable bonds is 18. The maximum Gasteiger partial charge on any atom is 0.164 e. The lowest BCUT2D eigenvalue weighted by molar-refractivity contribution is 0.810. The van der Waals surface area contributed by atoms with Crippen LogP contribution >= 0.6 is 0 Å². The second kappa shape index (κ2) is 24.3. The summed E-state index contributed by atoms with van der Waals surface area (Å²) in [6, 6.07) is 71.5. The highest BCUT2D eigenvalue weighted by molar-refractivity contribution is 6.13. The third kappa shape index (κ3) is 11.2. The summed E-state index contributed by atoms with van der Waals surface area (Å²) in [5.74, 6) is 2.19. The van der Waals surface area contributed by atoms with Gasteiger partial charge in [0.15, 0.2) is 17.5 Å². The Morgan fingerprint density at radius 2 is 1.19 bits per heavy atom. The van der Waals surface area contributed by atoms with Crippen LogP contribution < -0.4 is 0 Å². The molecule has 1 aliphatic rings. The van der Waals surface area contributed by atoms with Crippen LogP contribution in [-0.2, 0) is 6.42 Å². The van der Waals surface area contributed by atoms with E-state index in [2.05, 4.69) is 275 Å². The maximum absolute atomic E-state index is 5.57. The van der Waals surface area contributed by atoms with Crippen LogP contribution in [0.1, 0.15) is 60.9 Å². The first-order valence-corrected chi connectivity index (χ1v) is 27.7. The first-order chi connectivity index (χ1) is 39.4. The molecule has 80 heavy (non-hydrogen) atoms. The number of fused-ring (bicyclic) bond motifs is 3. The molecule has 0 radical (unpaired) electrons. The van der Waals surface area contributed by atoms with Crippen LogP contribution in [0.2, 0.25) is 0 Å². The molecule has 0 amide bonds. The van der Waals surface area contributed by atoms with Crippen LogP contribution in [0.25, 0.3) is 89.0 Å². The Bertz CT molecular complexity index is 3980. The van der Waals surface area contributed by atoms with Gasteiger partial charge in [-0.2, -0.15) is 0 Å². The van der Waals surface area contributed by atoms with Crippen molar-refractivity contribution in [3.05, 3.63) is 321 Å². The normalized spacial score (nSPS) is 14.3. The van der Waals surface area contributed by atoms with Gasteiger partial charge in [0.25, 0.3) is 0 Å². The van der Waals surface area contributed by atoms with Gasteiger partial charge in [-0.1, -0.05) is 270 Å². The average Bonchev–Trinajstić information content (AvgIpc) is 4.11. The largest absolute Gasteiger partial charge is 0.308 e. The molecule has 1 aliphatic carbocycles. The van der Waals surface area contributed by atoms with Gasteiger partial charge in [0.1, 0.15) is 0 Å². The number of allylic oxidation sites excluding steroid dienone is 15. The molecule has 2 heterocycles. The van der Waals surface area contributed by atoms with Crippen molar-refractivity contribution in [3.8, 4) is 50.5 Å². The summed E-state index contributed by atoms with van der Waals surface area (Å²) >= 11 is 0. The summed E-state index contributed by atoms with van der Waals surface area (Å²) in [5, 5.41) is 2.31. The van der Waals surface area contributed by atoms with Gasteiger partial charge in [0, 0.05) is 44.5 Å². The van der Waals surface area contributed by atoms with Crippen LogP contribution in [0.5, 0.6) is 0 Å². The predicted octanol–water partition coefficient (Wildman–Crippen LogP) is 19.9. The highest BCUT2D eigenvalue weighted by Crippen LogP contribution is 2.44. The standard InChI is InChI=1S/C76H64N4/c1-6-10-27-53(5)56(9-4)48-65(39-38-54-28-16-11-17-29-54)75-77-74(62-42-40-60(41-43-62)57-30-18-12-19-31-57)78-76(79-75)66-51-67(55(8-3)26-7-2)73(68(52-66)61-36-24-15-25-37-61)80-71-46-44-63(58-32-20-13-21-33-58)49-69(71)70-50-64(45-47-72(70)80)59-34-22-14-23-35-59/h6-8,10-37,39-40,42-53,60H,1-3,9,38,41H2,4-5H3/b27-10-,55-26+,56-48+,65-39+. The van der Waals surface area contributed by atoms with E-state index in [4.69, 9.17) is 15.0 Å². The Morgan fingerprint density at radius 1 is 0.600 bits per heavy atom. The number of aromatic nitrogens is 4. The molecular formula is C76H64N4. The van der Waals surface area contributed by atoms with Gasteiger partial charge >= 0.3 is 0 Å². The Morgan fingerprint density at radius 3 is 1.75 bits per heavy atom. The third-order valence-electron chi connectivity index (χ3n) is 15.2. The topological polar surface area (TPSA) is 43.6 Å². The van der Waals surface area contributed by atoms with Gasteiger partial charge < -0.3 is 4.57 Å². The van der Waals surface area contributed by atoms with Crippen molar-refractivity contribution in [2.75, 3.05) is 0 Å². The van der Waals surface area contributed by atoms with Gasteiger partial charge in [0.2, 0.25) is 0 Å². The number of hydrogen-bond donors (Lipinski definition) is 0. The van der Waals surface area contributed by atoms with Crippen LogP contribution in [0.3, 0.4) is 0 Å². The lowest BCUT2D eigenvalue weighted by Crippen LogP contribution is -2.08. The van der Waals surface area contributed by atoms with E-state index in [1.165, 1.54) is 16.7 Å². The van der Waals surface area contributed by atoms with Gasteiger partial charge in [-0.05, 0) is 106 Å². The molecule has 8 aromatic carbocycles. The quantitative estimate of drug-likeness (QED) is 0.0805. The molecule has 0 fully saturated rings. The van der Waals surface area contributed by atoms with Crippen LogP contribution in [0.15, 0.2) is 292 Å². The summed E-state index contributed by atoms with van der Waals surface area (Å²) in [7, 11) is 0. The average molecular weight is 1030 g/mol. The zero-order valence-corrected chi connectivity index (χ0v) is 45.6. The highest BCUT2D eigenvalue weighted by Gasteiger charge is 2.25. The minimum atomic E-state index is 0.158. The molecule has 2 aromatic heterocycles. The van der Waals surface area contributed by atoms with E-state index >= 15 is 0 Å². The summed E-state index contributed by atoms with van der Waals surface area (Å²) in [5.41, 5.74) is 18.2. The van der Waals surface area contributed by atoms with Crippen molar-refractivity contribution in [2.45, 2.75) is 39.0 Å². The number of hydrogen-bond acceptors (Lipinski definition) is 3. The molecule has 0 bridgehead atoms. The van der Waals surface area contributed by atoms with Crippen LogP contribution in [0, 0.1) is 5.92 Å². The van der Waals surface area contributed by atoms with E-state index < -0.39 is 0 Å². The molecule has 2 unspecified atom stereocenters. The second-order valence-corrected chi connectivity index (χ2v) is 20.3. The van der Waals surface area contributed by atoms with Crippen molar-refractivity contribution in [3.63, 3.8) is 0 Å². The molecule has 0 spiro atoms. The van der Waals surface area contributed by atoms with Crippen LogP contribution in [0.4, 0.5) is 0 Å². The highest BCUT2D eigenvalue weighted by atomic mass is 15.0. The van der Waals surface area contributed by atoms with Crippen molar-refractivity contribution in [1.82, 2.24) is 19.5 Å². The van der Waals surface area contributed by atoms with Crippen molar-refractivity contribution >= 4 is 38.5 Å². The lowest BCUT2D eigenvalue weighted by Gasteiger charge is -2.22. The molecule has 11 rings (SSSR count). The van der Waals surface area contributed by atoms with E-state index in [9.17, 15) is 0 Å². The van der Waals surface area contributed by atoms with Crippen molar-refractivity contribution in [1.29, 1.82) is 0 Å². The maximum atomic E-state index is 5.57. The molecule has 388 valence electrons. The van der Waals surface area contributed by atoms with Crippen molar-refractivity contribution < 1.29 is 0 Å². The minimum Gasteiger partial charge on any atom is -0.308 e. The Hall–Kier alpha value is -9.77. The lowest BCUT2D eigenvalue weighted by atomic mass is 9.90. The van der Waals surface area contributed by atoms with Gasteiger partial charge in [-0.15, -0.1) is 0 Å². The predicted molar refractivity (Wildman–Crippen MR) is 340 cm³/mol. The second-order valence-electron chi connectivity index (χ2n) is 20.3. The fourth-order valence-electron chi connectivity index (χ4n) is 11.0. The zero-order chi connectivity index (χ0) is 54.8. The molecule has 0 saturated heterocycles. The number of nitrogens with zero attached hydrogens (tertiary/aromatic N) is 4. The fraction of sp³-hybridized carbons (Fsp3) is 0.0921. The summed E-state index contributed by atoms with van der Waals surface area (Å²) in [6.07, 6.45) is 25.6. The molecule has 2 atom stereocenters. The molecule has 4 nitrogen and oxygen atoms in total. The summed E-state index contributed by atoms with van der Waals surface area (Å²) < 4.78 is 2.45. The fourth-order valence-corrected chi connectivity index (χ4v) is 11.0. The Kier molecular flexibility index (Phi) is 15.9. The summed E-state index contributed by atoms with van der Waals surface area (Å²) in [6.45, 7) is 17.1. The molecular weight excluding hydrogens is 969 g/mol. The SMILES string of the molecule is C=C/C=C\C(C)/C(=C/C(=C\Cc1ccccc1)c1nc(C2=CCC(c3ccccc3)C=C2)nc(-c2cc(/C(C=C)=C/C=C)c(-n3c4ccc(-c5ccccc5)cc4c4cc(-c5ccccc5)ccc43)c(-c3ccccc3)c2)n1)CC. The minimum absolute atomic E-state index is 0.158. The molecule has 10 aromatic rings. The van der Waals surface area contributed by atoms with E-state index in [0.29, 0.717) is 23.9 Å². The van der Waals surface area contributed by atoms with Crippen LogP contribution in [-0.4, -0.2) is 19.5 Å². The Balaban J connectivity index is 1.19. The Labute approximate surface area is 471 Å². The number of benzene rings is 8. The monoisotopic (exact) mass is 1030 g/mol. The van der Waals surface area contributed by atoms with E-state index in [1.807, 2.05) is 30.4 Å². The first-order valence-electron chi connectivity index (χ1n) is 27.7. The third-order valence-corrected chi connectivity index (χ3v) is 15.2. The van der Waals surface area contributed by atoms with E-state index in [-0.39, 0.29) is 11.8 Å². The zero-order valence-electron chi connectivity index (χ0n) is 45.6. The smallest absolute Gasteiger partial charge is 0.164 e. The molecule has 4 heteroatoms. The van der Waals surface area contributed by atoms with E-state index in [0.717, 1.165) is 102 Å². The van der Waals surface area contributed by atoms with Gasteiger partial charge in [-0.3, -0.25) is 0 Å². The van der Waals surface area contributed by atoms with Gasteiger partial charge in [0.05, 0.1) is 16.7 Å². The first kappa shape index (κ1) is 52.3. The summed E-state index contributed by atoms with van der Waals surface area (Å²) in [4.78, 5) is 16.5. The molecule has 0 aliphatic heterocycles. The van der Waals surface area contributed by atoms with Gasteiger partial charge in [-0.25, -0.2) is 15.0 Å².